The Morgan fingerprint density at radius 1 is 1.23 bits per heavy atom. The maximum Gasteiger partial charge on any atom is 0.407 e. The highest BCUT2D eigenvalue weighted by molar-refractivity contribution is 7.14. The second-order valence-electron chi connectivity index (χ2n) is 7.68. The van der Waals surface area contributed by atoms with Gasteiger partial charge in [0.05, 0.1) is 29.7 Å². The molecule has 0 radical (unpaired) electrons. The molecule has 1 saturated heterocycles. The molecule has 1 aromatic carbocycles. The Kier molecular flexibility index (Phi) is 7.84. The van der Waals surface area contributed by atoms with Crippen LogP contribution in [0.25, 0.3) is 0 Å². The summed E-state index contributed by atoms with van der Waals surface area (Å²) in [5, 5.41) is 3.53. The predicted octanol–water partition coefficient (Wildman–Crippen LogP) is 5.45. The zero-order valence-corrected chi connectivity index (χ0v) is 19.7. The van der Waals surface area contributed by atoms with Gasteiger partial charge in [0.25, 0.3) is 0 Å². The number of aryl methyl sites for hydroxylation is 2. The van der Waals surface area contributed by atoms with Gasteiger partial charge in [0, 0.05) is 11.3 Å². The number of rotatable bonds is 11. The summed E-state index contributed by atoms with van der Waals surface area (Å²) in [5.41, 5.74) is 0.745. The van der Waals surface area contributed by atoms with E-state index in [-0.39, 0.29) is 17.4 Å². The highest BCUT2D eigenvalue weighted by Gasteiger charge is 2.37. The molecule has 1 aliphatic rings. The van der Waals surface area contributed by atoms with Gasteiger partial charge in [0.2, 0.25) is 0 Å². The van der Waals surface area contributed by atoms with E-state index in [1.165, 1.54) is 11.3 Å². The first-order valence-corrected chi connectivity index (χ1v) is 11.6. The van der Waals surface area contributed by atoms with Crippen LogP contribution in [0.1, 0.15) is 52.7 Å². The quantitative estimate of drug-likeness (QED) is 0.447. The lowest BCUT2D eigenvalue weighted by Crippen LogP contribution is -2.43. The molecule has 1 amide bonds. The Labute approximate surface area is 191 Å². The van der Waals surface area contributed by atoms with E-state index in [9.17, 15) is 9.59 Å². The number of amides is 1. The predicted molar refractivity (Wildman–Crippen MR) is 122 cm³/mol. The number of cyclic esters (lactones) is 1. The number of methoxy groups -OCH3 is 2. The van der Waals surface area contributed by atoms with Crippen molar-refractivity contribution in [2.24, 2.45) is 0 Å². The number of carbonyl (C=O) groups is 2. The number of Topliss-reactive ketones (excluding diaryl/α,β-unsaturated/α-hetero) is 1. The minimum absolute atomic E-state index is 0.0985. The molecule has 0 aliphatic carbocycles. The number of ketones is 1. The van der Waals surface area contributed by atoms with Crippen LogP contribution in [0.4, 0.5) is 4.79 Å². The van der Waals surface area contributed by atoms with Crippen molar-refractivity contribution in [2.75, 3.05) is 20.8 Å². The fourth-order valence-corrected chi connectivity index (χ4v) is 5.08. The van der Waals surface area contributed by atoms with Crippen LogP contribution >= 0.6 is 22.9 Å². The molecule has 2 aromatic rings. The summed E-state index contributed by atoms with van der Waals surface area (Å²) in [6, 6.07) is 7.57. The Morgan fingerprint density at radius 2 is 2.00 bits per heavy atom. The van der Waals surface area contributed by atoms with Gasteiger partial charge in [-0.05, 0) is 55.9 Å². The molecular weight excluding hydrogens is 438 g/mol. The Hall–Kier alpha value is -2.25. The van der Waals surface area contributed by atoms with Crippen LogP contribution in [0.5, 0.6) is 11.5 Å². The average molecular weight is 466 g/mol. The van der Waals surface area contributed by atoms with E-state index in [4.69, 9.17) is 25.8 Å². The second kappa shape index (κ2) is 10.4. The molecule has 1 atom stereocenters. The fourth-order valence-electron chi connectivity index (χ4n) is 3.67. The van der Waals surface area contributed by atoms with E-state index in [0.29, 0.717) is 40.8 Å². The van der Waals surface area contributed by atoms with Crippen molar-refractivity contribution >= 4 is 34.8 Å². The van der Waals surface area contributed by atoms with Gasteiger partial charge >= 0.3 is 6.09 Å². The fraction of sp³-hybridized carbons (Fsp3) is 0.478. The third kappa shape index (κ3) is 5.71. The summed E-state index contributed by atoms with van der Waals surface area (Å²) in [6.45, 7) is 2.39. The Morgan fingerprint density at radius 3 is 2.65 bits per heavy atom. The van der Waals surface area contributed by atoms with Gasteiger partial charge in [-0.2, -0.15) is 0 Å². The van der Waals surface area contributed by atoms with Crippen LogP contribution in [0.15, 0.2) is 24.3 Å². The number of halogens is 1. The Bertz CT molecular complexity index is 944. The summed E-state index contributed by atoms with van der Waals surface area (Å²) < 4.78 is 15.7. The molecule has 6 nitrogen and oxygen atoms in total. The van der Waals surface area contributed by atoms with Crippen molar-refractivity contribution in [2.45, 2.75) is 51.0 Å². The number of benzene rings is 1. The van der Waals surface area contributed by atoms with Gasteiger partial charge in [-0.25, -0.2) is 4.79 Å². The zero-order chi connectivity index (χ0) is 22.4. The lowest BCUT2D eigenvalue weighted by molar-refractivity contribution is 0.0984. The molecule has 0 unspecified atom stereocenters. The summed E-state index contributed by atoms with van der Waals surface area (Å²) in [6.07, 6.45) is 3.79. The van der Waals surface area contributed by atoms with E-state index in [1.54, 1.807) is 20.3 Å². The number of ether oxygens (including phenoxy) is 3. The third-order valence-corrected chi connectivity index (χ3v) is 7.39. The van der Waals surface area contributed by atoms with Gasteiger partial charge in [-0.1, -0.05) is 24.6 Å². The number of thiophene rings is 1. The number of alkyl carbamates (subject to hydrolysis) is 1. The smallest absolute Gasteiger partial charge is 0.407 e. The first-order chi connectivity index (χ1) is 14.9. The topological polar surface area (TPSA) is 73.9 Å². The maximum absolute atomic E-state index is 12.7. The normalized spacial score (nSPS) is 17.9. The van der Waals surface area contributed by atoms with E-state index in [2.05, 4.69) is 5.32 Å². The van der Waals surface area contributed by atoms with E-state index in [1.807, 2.05) is 25.1 Å². The van der Waals surface area contributed by atoms with Crippen LogP contribution in [0.2, 0.25) is 5.02 Å². The molecule has 1 N–H and O–H groups in total. The van der Waals surface area contributed by atoms with Crippen molar-refractivity contribution in [1.82, 2.24) is 5.32 Å². The molecule has 1 aromatic heterocycles. The van der Waals surface area contributed by atoms with E-state index < -0.39 is 0 Å². The third-order valence-electron chi connectivity index (χ3n) is 5.70. The van der Waals surface area contributed by atoms with E-state index >= 15 is 0 Å². The largest absolute Gasteiger partial charge is 0.493 e. The molecule has 1 aliphatic heterocycles. The number of nitrogens with one attached hydrogen (secondary N) is 1. The highest BCUT2D eigenvalue weighted by atomic mass is 35.5. The molecule has 8 heteroatoms. The van der Waals surface area contributed by atoms with Crippen molar-refractivity contribution in [3.8, 4) is 11.5 Å². The van der Waals surface area contributed by atoms with Crippen molar-refractivity contribution in [3.63, 3.8) is 0 Å². The minimum Gasteiger partial charge on any atom is -0.493 e. The first-order valence-electron chi connectivity index (χ1n) is 10.4. The average Bonchev–Trinajstić information content (AvgIpc) is 3.34. The summed E-state index contributed by atoms with van der Waals surface area (Å²) in [7, 11) is 3.22. The number of hydrogen-bond acceptors (Lipinski definition) is 6. The van der Waals surface area contributed by atoms with Gasteiger partial charge in [0.1, 0.15) is 6.61 Å². The van der Waals surface area contributed by atoms with Crippen molar-refractivity contribution in [3.05, 3.63) is 44.6 Å². The first kappa shape index (κ1) is 23.4. The number of hydrogen-bond donors (Lipinski definition) is 1. The minimum atomic E-state index is -0.371. The van der Waals surface area contributed by atoms with Crippen LogP contribution in [-0.2, 0) is 17.6 Å². The second-order valence-corrected chi connectivity index (χ2v) is 9.23. The molecule has 31 heavy (non-hydrogen) atoms. The lowest BCUT2D eigenvalue weighted by atomic mass is 9.92. The van der Waals surface area contributed by atoms with Crippen molar-refractivity contribution < 1.29 is 23.8 Å². The van der Waals surface area contributed by atoms with Gasteiger partial charge in [0.15, 0.2) is 17.3 Å². The number of carbonyl (C=O) groups excluding carboxylic acids is 2. The monoisotopic (exact) mass is 465 g/mol. The van der Waals surface area contributed by atoms with Gasteiger partial charge in [-0.15, -0.1) is 11.3 Å². The van der Waals surface area contributed by atoms with Gasteiger partial charge < -0.3 is 19.5 Å². The molecule has 1 fully saturated rings. The summed E-state index contributed by atoms with van der Waals surface area (Å²) >= 11 is 7.84. The summed E-state index contributed by atoms with van der Waals surface area (Å²) in [5.74, 6) is 1.48. The van der Waals surface area contributed by atoms with E-state index in [0.717, 1.165) is 36.1 Å². The highest BCUT2D eigenvalue weighted by Crippen LogP contribution is 2.33. The standard InChI is InChI=1S/C23H28ClNO5S/c1-4-23(14-30-22(27)25-23)11-10-20-16(24)13-21(31-20)17(26)7-5-6-15-8-9-18(28-2)19(12-15)29-3/h8-9,12-13H,4-7,10-11,14H2,1-3H3,(H,25,27)/t23-/m1/s1. The van der Waals surface area contributed by atoms with Crippen LogP contribution < -0.4 is 14.8 Å². The summed E-state index contributed by atoms with van der Waals surface area (Å²) in [4.78, 5) is 25.8. The molecule has 0 bridgehead atoms. The van der Waals surface area contributed by atoms with Crippen LogP contribution in [0.3, 0.4) is 0 Å². The molecule has 0 spiro atoms. The maximum atomic E-state index is 12.7. The Balaban J connectivity index is 1.54. The van der Waals surface area contributed by atoms with Crippen LogP contribution in [-0.4, -0.2) is 38.2 Å². The van der Waals surface area contributed by atoms with Gasteiger partial charge in [-0.3, -0.25) is 4.79 Å². The lowest BCUT2D eigenvalue weighted by Gasteiger charge is -2.24. The van der Waals surface area contributed by atoms with Crippen LogP contribution in [0, 0.1) is 0 Å². The SMILES string of the molecule is CC[C@@]1(CCc2sc(C(=O)CCCc3ccc(OC)c(OC)c3)cc2Cl)COC(=O)N1. The molecular formula is C23H28ClNO5S. The van der Waals surface area contributed by atoms with Crippen molar-refractivity contribution in [1.29, 1.82) is 0 Å². The zero-order valence-electron chi connectivity index (χ0n) is 18.1. The molecule has 168 valence electrons. The molecule has 2 heterocycles. The molecule has 3 rings (SSSR count). The molecule has 0 saturated carbocycles.